The van der Waals surface area contributed by atoms with E-state index in [0.29, 0.717) is 25.1 Å². The molecule has 1 saturated heterocycles. The molecule has 1 aliphatic heterocycles. The Morgan fingerprint density at radius 2 is 1.50 bits per heavy atom. The van der Waals surface area contributed by atoms with Crippen molar-refractivity contribution in [3.05, 3.63) is 137 Å². The normalized spacial score (nSPS) is 17.6. The fourth-order valence-corrected chi connectivity index (χ4v) is 5.48. The van der Waals surface area contributed by atoms with Gasteiger partial charge in [-0.05, 0) is 47.4 Å². The van der Waals surface area contributed by atoms with Crippen LogP contribution in [0.15, 0.2) is 109 Å². The van der Waals surface area contributed by atoms with Crippen LogP contribution in [0.3, 0.4) is 0 Å². The van der Waals surface area contributed by atoms with E-state index in [-0.39, 0.29) is 36.9 Å². The van der Waals surface area contributed by atoms with Crippen molar-refractivity contribution in [2.75, 3.05) is 13.1 Å². The predicted octanol–water partition coefficient (Wildman–Crippen LogP) is 6.91. The Balaban J connectivity index is 1.41. The minimum atomic E-state index is -4.38. The van der Waals surface area contributed by atoms with Crippen LogP contribution < -0.4 is 0 Å². The molecule has 1 aliphatic rings. The lowest BCUT2D eigenvalue weighted by atomic mass is 9.75. The van der Waals surface area contributed by atoms with Gasteiger partial charge in [0, 0.05) is 36.8 Å². The van der Waals surface area contributed by atoms with Crippen LogP contribution in [0.1, 0.15) is 40.3 Å². The van der Waals surface area contributed by atoms with Crippen LogP contribution in [-0.2, 0) is 28.7 Å². The Hall–Kier alpha value is -3.97. The van der Waals surface area contributed by atoms with Crippen molar-refractivity contribution in [2.24, 2.45) is 5.92 Å². The monoisotopic (exact) mass is 544 g/mol. The number of halogens is 3. The second kappa shape index (κ2) is 12.5. The number of aromatic nitrogens is 1. The molecule has 1 amide bonds. The smallest absolute Gasteiger partial charge is 0.373 e. The lowest BCUT2D eigenvalue weighted by Crippen LogP contribution is -2.49. The van der Waals surface area contributed by atoms with Crippen LogP contribution in [-0.4, -0.2) is 35.0 Å². The Kier molecular flexibility index (Phi) is 8.60. The Bertz CT molecular complexity index is 1320. The highest BCUT2D eigenvalue weighted by Gasteiger charge is 2.38. The lowest BCUT2D eigenvalue weighted by molar-refractivity contribution is -0.138. The molecular formula is C33H31F3N2O2. The third-order valence-electron chi connectivity index (χ3n) is 7.49. The zero-order valence-electron chi connectivity index (χ0n) is 22.0. The highest BCUT2D eigenvalue weighted by atomic mass is 19.4. The zero-order valence-corrected chi connectivity index (χ0v) is 22.0. The predicted molar refractivity (Wildman–Crippen MR) is 147 cm³/mol. The molecule has 206 valence electrons. The molecule has 2 heterocycles. The van der Waals surface area contributed by atoms with Gasteiger partial charge in [0.05, 0.1) is 24.7 Å². The molecule has 0 saturated carbocycles. The summed E-state index contributed by atoms with van der Waals surface area (Å²) in [6.45, 7) is 1.23. The van der Waals surface area contributed by atoms with Gasteiger partial charge < -0.3 is 9.64 Å². The van der Waals surface area contributed by atoms with Gasteiger partial charge >= 0.3 is 6.18 Å². The number of ether oxygens (including phenoxy) is 1. The Morgan fingerprint density at radius 1 is 0.875 bits per heavy atom. The molecule has 3 aromatic carbocycles. The van der Waals surface area contributed by atoms with E-state index in [1.807, 2.05) is 59.5 Å². The minimum Gasteiger partial charge on any atom is -0.373 e. The summed E-state index contributed by atoms with van der Waals surface area (Å²) in [5, 5.41) is 0. The average molecular weight is 545 g/mol. The zero-order chi connectivity index (χ0) is 28.0. The molecule has 0 spiro atoms. The van der Waals surface area contributed by atoms with Gasteiger partial charge in [-0.3, -0.25) is 9.78 Å². The molecule has 0 aliphatic carbocycles. The minimum absolute atomic E-state index is 0.0183. The first-order valence-corrected chi connectivity index (χ1v) is 13.4. The molecule has 1 aromatic heterocycles. The SMILES string of the molecule is O=C(Cc1ccccn1)N1CC[C@@H](OCc2ccc(C(F)(F)F)cc2)[C@@H](C(c2ccccc2)c2ccccc2)C1. The highest BCUT2D eigenvalue weighted by Crippen LogP contribution is 2.39. The standard InChI is InChI=1S/C33H31F3N2O2/c34-33(35,36)27-16-14-24(15-17-27)23-40-30-18-20-38(31(39)21-28-13-7-8-19-37-28)22-29(30)32(25-9-3-1-4-10-25)26-11-5-2-6-12-26/h1-17,19,29-30,32H,18,20-23H2/t29-,30+/m0/s1. The van der Waals surface area contributed by atoms with Gasteiger partial charge in [-0.25, -0.2) is 0 Å². The number of carbonyl (C=O) groups excluding carboxylic acids is 1. The first kappa shape index (κ1) is 27.6. The maximum atomic E-state index is 13.4. The van der Waals surface area contributed by atoms with E-state index in [9.17, 15) is 18.0 Å². The summed E-state index contributed by atoms with van der Waals surface area (Å²) in [6, 6.07) is 31.1. The second-order valence-electron chi connectivity index (χ2n) is 10.1. The fraction of sp³-hybridized carbons (Fsp3) is 0.273. The maximum absolute atomic E-state index is 13.4. The van der Waals surface area contributed by atoms with E-state index in [0.717, 1.165) is 29.0 Å². The lowest BCUT2D eigenvalue weighted by Gasteiger charge is -2.42. The summed E-state index contributed by atoms with van der Waals surface area (Å²) >= 11 is 0. The van der Waals surface area contributed by atoms with E-state index in [1.165, 1.54) is 12.1 Å². The van der Waals surface area contributed by atoms with Crippen molar-refractivity contribution < 1.29 is 22.7 Å². The highest BCUT2D eigenvalue weighted by molar-refractivity contribution is 5.78. The molecule has 40 heavy (non-hydrogen) atoms. The van der Waals surface area contributed by atoms with E-state index in [1.54, 1.807) is 6.20 Å². The molecule has 1 fully saturated rings. The number of hydrogen-bond acceptors (Lipinski definition) is 3. The topological polar surface area (TPSA) is 42.4 Å². The van der Waals surface area contributed by atoms with Crippen molar-refractivity contribution in [2.45, 2.75) is 37.6 Å². The number of benzene rings is 3. The Labute approximate surface area is 232 Å². The van der Waals surface area contributed by atoms with E-state index < -0.39 is 11.7 Å². The number of alkyl halides is 3. The van der Waals surface area contributed by atoms with Gasteiger partial charge in [-0.15, -0.1) is 0 Å². The molecule has 7 heteroatoms. The third kappa shape index (κ3) is 6.77. The molecule has 0 N–H and O–H groups in total. The fourth-order valence-electron chi connectivity index (χ4n) is 5.48. The summed E-state index contributed by atoms with van der Waals surface area (Å²) in [4.78, 5) is 19.6. The number of rotatable bonds is 8. The van der Waals surface area contributed by atoms with Gasteiger partial charge in [0.2, 0.25) is 5.91 Å². The van der Waals surface area contributed by atoms with Crippen LogP contribution >= 0.6 is 0 Å². The summed E-state index contributed by atoms with van der Waals surface area (Å²) in [5.74, 6) is -0.0871. The largest absolute Gasteiger partial charge is 0.416 e. The van der Waals surface area contributed by atoms with Crippen molar-refractivity contribution >= 4 is 5.91 Å². The number of amides is 1. The number of piperidine rings is 1. The quantitative estimate of drug-likeness (QED) is 0.242. The van der Waals surface area contributed by atoms with Gasteiger partial charge in [0.1, 0.15) is 0 Å². The molecule has 4 aromatic rings. The summed E-state index contributed by atoms with van der Waals surface area (Å²) in [5.41, 5.74) is 2.98. The molecule has 4 nitrogen and oxygen atoms in total. The molecular weight excluding hydrogens is 513 g/mol. The summed E-state index contributed by atoms with van der Waals surface area (Å²) in [7, 11) is 0. The van der Waals surface area contributed by atoms with Crippen molar-refractivity contribution in [3.63, 3.8) is 0 Å². The van der Waals surface area contributed by atoms with E-state index in [4.69, 9.17) is 4.74 Å². The second-order valence-corrected chi connectivity index (χ2v) is 10.1. The summed E-state index contributed by atoms with van der Waals surface area (Å²) in [6.07, 6.45) is -2.04. The Morgan fingerprint density at radius 3 is 2.08 bits per heavy atom. The molecule has 2 atom stereocenters. The van der Waals surface area contributed by atoms with Gasteiger partial charge in [0.25, 0.3) is 0 Å². The van der Waals surface area contributed by atoms with Crippen LogP contribution in [0.4, 0.5) is 13.2 Å². The number of hydrogen-bond donors (Lipinski definition) is 0. The number of carbonyl (C=O) groups is 1. The van der Waals surface area contributed by atoms with E-state index >= 15 is 0 Å². The first-order valence-electron chi connectivity index (χ1n) is 13.4. The van der Waals surface area contributed by atoms with Crippen LogP contribution in [0, 0.1) is 5.92 Å². The van der Waals surface area contributed by atoms with Gasteiger partial charge in [-0.2, -0.15) is 13.2 Å². The molecule has 0 bridgehead atoms. The van der Waals surface area contributed by atoms with Crippen LogP contribution in [0.25, 0.3) is 0 Å². The molecule has 5 rings (SSSR count). The summed E-state index contributed by atoms with van der Waals surface area (Å²) < 4.78 is 45.5. The van der Waals surface area contributed by atoms with Crippen LogP contribution in [0.2, 0.25) is 0 Å². The van der Waals surface area contributed by atoms with Gasteiger partial charge in [0.15, 0.2) is 0 Å². The molecule has 0 unspecified atom stereocenters. The number of likely N-dealkylation sites (tertiary alicyclic amines) is 1. The molecule has 0 radical (unpaired) electrons. The average Bonchev–Trinajstić information content (AvgIpc) is 2.98. The maximum Gasteiger partial charge on any atom is 0.416 e. The number of nitrogens with zero attached hydrogens (tertiary/aromatic N) is 2. The number of pyridine rings is 1. The van der Waals surface area contributed by atoms with Crippen molar-refractivity contribution in [1.29, 1.82) is 0 Å². The van der Waals surface area contributed by atoms with Crippen LogP contribution in [0.5, 0.6) is 0 Å². The third-order valence-corrected chi connectivity index (χ3v) is 7.49. The van der Waals surface area contributed by atoms with Crippen molar-refractivity contribution in [3.8, 4) is 0 Å². The first-order chi connectivity index (χ1) is 19.4. The van der Waals surface area contributed by atoms with E-state index in [2.05, 4.69) is 29.2 Å². The van der Waals surface area contributed by atoms with Gasteiger partial charge in [-0.1, -0.05) is 78.9 Å². The van der Waals surface area contributed by atoms with Crippen molar-refractivity contribution in [1.82, 2.24) is 9.88 Å².